The molecule has 2 heterocycles. The van der Waals surface area contributed by atoms with E-state index < -0.39 is 5.91 Å². The third-order valence-corrected chi connectivity index (χ3v) is 4.29. The zero-order chi connectivity index (χ0) is 19.0. The van der Waals surface area contributed by atoms with E-state index in [9.17, 15) is 14.4 Å². The molecule has 3 aromatic rings. The van der Waals surface area contributed by atoms with Gasteiger partial charge in [0, 0.05) is 30.7 Å². The maximum atomic E-state index is 12.4. The van der Waals surface area contributed by atoms with Crippen molar-refractivity contribution < 1.29 is 14.4 Å². The van der Waals surface area contributed by atoms with Crippen molar-refractivity contribution in [1.82, 2.24) is 14.9 Å². The predicted molar refractivity (Wildman–Crippen MR) is 98.3 cm³/mol. The Morgan fingerprint density at radius 2 is 1.59 bits per heavy atom. The van der Waals surface area contributed by atoms with Gasteiger partial charge in [-0.05, 0) is 18.2 Å². The van der Waals surface area contributed by atoms with Crippen LogP contribution >= 0.6 is 0 Å². The summed E-state index contributed by atoms with van der Waals surface area (Å²) in [6.07, 6.45) is 2.89. The SMILES string of the molecule is CN1C(=O)c2ccc(NC(=O)c3cnc(-c4ccccc4)nc3)cc2C1=O. The number of carbonyl (C=O) groups is 3. The summed E-state index contributed by atoms with van der Waals surface area (Å²) in [6.45, 7) is 0. The Kier molecular flexibility index (Phi) is 3.97. The van der Waals surface area contributed by atoms with E-state index in [4.69, 9.17) is 0 Å². The van der Waals surface area contributed by atoms with Gasteiger partial charge < -0.3 is 5.32 Å². The Bertz CT molecular complexity index is 1060. The smallest absolute Gasteiger partial charge is 0.261 e. The molecular formula is C20H14N4O3. The van der Waals surface area contributed by atoms with Gasteiger partial charge in [0.15, 0.2) is 5.82 Å². The lowest BCUT2D eigenvalue weighted by atomic mass is 10.1. The van der Waals surface area contributed by atoms with Gasteiger partial charge in [0.25, 0.3) is 17.7 Å². The van der Waals surface area contributed by atoms with Crippen molar-refractivity contribution in [3.05, 3.63) is 77.6 Å². The number of carbonyl (C=O) groups excluding carboxylic acids is 3. The van der Waals surface area contributed by atoms with Crippen molar-refractivity contribution >= 4 is 23.4 Å². The van der Waals surface area contributed by atoms with Crippen LogP contribution in [0.5, 0.6) is 0 Å². The molecule has 132 valence electrons. The van der Waals surface area contributed by atoms with Gasteiger partial charge in [-0.1, -0.05) is 30.3 Å². The van der Waals surface area contributed by atoms with Crippen molar-refractivity contribution in [2.24, 2.45) is 0 Å². The summed E-state index contributed by atoms with van der Waals surface area (Å²) in [7, 11) is 1.43. The molecule has 0 unspecified atom stereocenters. The zero-order valence-corrected chi connectivity index (χ0v) is 14.3. The van der Waals surface area contributed by atoms with Gasteiger partial charge in [0.05, 0.1) is 16.7 Å². The van der Waals surface area contributed by atoms with E-state index in [0.29, 0.717) is 17.1 Å². The number of fused-ring (bicyclic) bond motifs is 1. The molecule has 7 heteroatoms. The van der Waals surface area contributed by atoms with E-state index >= 15 is 0 Å². The second-order valence-electron chi connectivity index (χ2n) is 6.05. The monoisotopic (exact) mass is 358 g/mol. The summed E-state index contributed by atoms with van der Waals surface area (Å²) in [6, 6.07) is 14.1. The molecule has 4 rings (SSSR count). The van der Waals surface area contributed by atoms with Crippen molar-refractivity contribution in [1.29, 1.82) is 0 Å². The predicted octanol–water partition coefficient (Wildman–Crippen LogP) is 2.62. The van der Waals surface area contributed by atoms with Crippen LogP contribution in [0.4, 0.5) is 5.69 Å². The lowest BCUT2D eigenvalue weighted by molar-refractivity contribution is 0.0692. The minimum atomic E-state index is -0.403. The quantitative estimate of drug-likeness (QED) is 0.727. The number of hydrogen-bond acceptors (Lipinski definition) is 5. The molecule has 0 fully saturated rings. The van der Waals surface area contributed by atoms with Crippen molar-refractivity contribution in [3.8, 4) is 11.4 Å². The lowest BCUT2D eigenvalue weighted by Crippen LogP contribution is -2.24. The second-order valence-corrected chi connectivity index (χ2v) is 6.05. The van der Waals surface area contributed by atoms with Gasteiger partial charge in [-0.25, -0.2) is 9.97 Å². The highest BCUT2D eigenvalue weighted by atomic mass is 16.2. The van der Waals surface area contributed by atoms with Crippen LogP contribution in [0, 0.1) is 0 Å². The number of anilines is 1. The fourth-order valence-electron chi connectivity index (χ4n) is 2.82. The molecule has 1 aliphatic rings. The van der Waals surface area contributed by atoms with Gasteiger partial charge in [0.2, 0.25) is 0 Å². The van der Waals surface area contributed by atoms with Crippen LogP contribution in [0.25, 0.3) is 11.4 Å². The zero-order valence-electron chi connectivity index (χ0n) is 14.3. The third kappa shape index (κ3) is 2.95. The summed E-state index contributed by atoms with van der Waals surface area (Å²) in [5.74, 6) is -0.615. The highest BCUT2D eigenvalue weighted by Gasteiger charge is 2.32. The van der Waals surface area contributed by atoms with Gasteiger partial charge in [-0.3, -0.25) is 19.3 Å². The number of amides is 3. The molecular weight excluding hydrogens is 344 g/mol. The van der Waals surface area contributed by atoms with E-state index in [1.807, 2.05) is 30.3 Å². The molecule has 7 nitrogen and oxygen atoms in total. The first-order valence-electron chi connectivity index (χ1n) is 8.20. The van der Waals surface area contributed by atoms with E-state index in [0.717, 1.165) is 10.5 Å². The Balaban J connectivity index is 1.53. The van der Waals surface area contributed by atoms with Gasteiger partial charge in [0.1, 0.15) is 0 Å². The van der Waals surface area contributed by atoms with Crippen LogP contribution in [-0.2, 0) is 0 Å². The van der Waals surface area contributed by atoms with E-state index in [2.05, 4.69) is 15.3 Å². The third-order valence-electron chi connectivity index (χ3n) is 4.29. The summed E-state index contributed by atoms with van der Waals surface area (Å²) in [5.41, 5.74) is 2.17. The van der Waals surface area contributed by atoms with Crippen LogP contribution in [0.1, 0.15) is 31.1 Å². The first-order chi connectivity index (χ1) is 13.0. The number of benzene rings is 2. The number of hydrogen-bond donors (Lipinski definition) is 1. The molecule has 0 atom stereocenters. The minimum absolute atomic E-state index is 0.274. The normalized spacial score (nSPS) is 12.9. The molecule has 0 bridgehead atoms. The molecule has 1 aliphatic heterocycles. The lowest BCUT2D eigenvalue weighted by Gasteiger charge is -2.06. The first-order valence-corrected chi connectivity index (χ1v) is 8.20. The number of nitrogens with zero attached hydrogens (tertiary/aromatic N) is 3. The van der Waals surface area contributed by atoms with Gasteiger partial charge in [-0.15, -0.1) is 0 Å². The first kappa shape index (κ1) is 16.6. The topological polar surface area (TPSA) is 92.3 Å². The van der Waals surface area contributed by atoms with E-state index in [-0.39, 0.29) is 22.9 Å². The Labute approximate surface area is 154 Å². The molecule has 1 aromatic heterocycles. The largest absolute Gasteiger partial charge is 0.322 e. The summed E-state index contributed by atoms with van der Waals surface area (Å²) >= 11 is 0. The molecule has 0 saturated carbocycles. The van der Waals surface area contributed by atoms with Crippen LogP contribution in [0.15, 0.2) is 60.9 Å². The average molecular weight is 358 g/mol. The van der Waals surface area contributed by atoms with Crippen LogP contribution in [-0.4, -0.2) is 39.6 Å². The summed E-state index contributed by atoms with van der Waals surface area (Å²) in [4.78, 5) is 45.9. The fourth-order valence-corrected chi connectivity index (χ4v) is 2.82. The van der Waals surface area contributed by atoms with Crippen molar-refractivity contribution in [3.63, 3.8) is 0 Å². The fraction of sp³-hybridized carbons (Fsp3) is 0.0500. The number of imide groups is 1. The van der Waals surface area contributed by atoms with Crippen molar-refractivity contribution in [2.45, 2.75) is 0 Å². The van der Waals surface area contributed by atoms with Gasteiger partial charge >= 0.3 is 0 Å². The molecule has 0 aliphatic carbocycles. The summed E-state index contributed by atoms with van der Waals surface area (Å²) < 4.78 is 0. The van der Waals surface area contributed by atoms with Crippen LogP contribution < -0.4 is 5.32 Å². The Hall–Kier alpha value is -3.87. The van der Waals surface area contributed by atoms with Gasteiger partial charge in [-0.2, -0.15) is 0 Å². The molecule has 0 saturated heterocycles. The van der Waals surface area contributed by atoms with Crippen molar-refractivity contribution in [2.75, 3.05) is 12.4 Å². The average Bonchev–Trinajstić information content (AvgIpc) is 2.92. The van der Waals surface area contributed by atoms with E-state index in [1.165, 1.54) is 31.6 Å². The maximum Gasteiger partial charge on any atom is 0.261 e. The van der Waals surface area contributed by atoms with Crippen LogP contribution in [0.2, 0.25) is 0 Å². The minimum Gasteiger partial charge on any atom is -0.322 e. The maximum absolute atomic E-state index is 12.4. The molecule has 3 amide bonds. The van der Waals surface area contributed by atoms with Crippen LogP contribution in [0.3, 0.4) is 0 Å². The number of aromatic nitrogens is 2. The number of rotatable bonds is 3. The molecule has 27 heavy (non-hydrogen) atoms. The highest BCUT2D eigenvalue weighted by Crippen LogP contribution is 2.25. The number of nitrogens with one attached hydrogen (secondary N) is 1. The highest BCUT2D eigenvalue weighted by molar-refractivity contribution is 6.21. The standard InChI is InChI=1S/C20H14N4O3/c1-24-19(26)15-8-7-14(9-16(15)20(24)27)23-18(25)13-10-21-17(22-11-13)12-5-3-2-4-6-12/h2-11H,1H3,(H,23,25). The summed E-state index contributed by atoms with van der Waals surface area (Å²) in [5, 5.41) is 2.70. The molecule has 0 spiro atoms. The Morgan fingerprint density at radius 1 is 0.926 bits per heavy atom. The molecule has 2 aromatic carbocycles. The second kappa shape index (κ2) is 6.45. The van der Waals surface area contributed by atoms with E-state index in [1.54, 1.807) is 6.07 Å². The Morgan fingerprint density at radius 3 is 2.30 bits per heavy atom. The molecule has 0 radical (unpaired) electrons. The molecule has 1 N–H and O–H groups in total.